The van der Waals surface area contributed by atoms with Gasteiger partial charge >= 0.3 is 0 Å². The minimum Gasteiger partial charge on any atom is -0.350 e. The lowest BCUT2D eigenvalue weighted by Gasteiger charge is -2.32. The zero-order chi connectivity index (χ0) is 21.8. The second-order valence-corrected chi connectivity index (χ2v) is 9.12. The number of halogens is 2. The normalized spacial score (nSPS) is 12.4. The fraction of sp³-hybridized carbons (Fsp3) is 0.391. The van der Waals surface area contributed by atoms with Crippen molar-refractivity contribution in [1.29, 1.82) is 0 Å². The highest BCUT2D eigenvalue weighted by Gasteiger charge is 2.29. The number of nitrogens with one attached hydrogen (secondary N) is 1. The second kappa shape index (κ2) is 9.64. The molecule has 0 aromatic heterocycles. The molecule has 4 nitrogen and oxygen atoms in total. The molecule has 0 unspecified atom stereocenters. The molecule has 29 heavy (non-hydrogen) atoms. The number of carbonyl (C=O) groups is 2. The molecule has 0 spiro atoms. The zero-order valence-corrected chi connectivity index (χ0v) is 19.1. The molecule has 6 heteroatoms. The average molecular weight is 435 g/mol. The van der Waals surface area contributed by atoms with E-state index in [1.807, 2.05) is 52.0 Å². The van der Waals surface area contributed by atoms with E-state index in [1.54, 1.807) is 25.1 Å². The predicted molar refractivity (Wildman–Crippen MR) is 119 cm³/mol. The van der Waals surface area contributed by atoms with Gasteiger partial charge in [0.05, 0.1) is 6.42 Å². The zero-order valence-electron chi connectivity index (χ0n) is 17.6. The fourth-order valence-electron chi connectivity index (χ4n) is 3.01. The van der Waals surface area contributed by atoms with E-state index in [-0.39, 0.29) is 24.8 Å². The molecule has 1 atom stereocenters. The summed E-state index contributed by atoms with van der Waals surface area (Å²) in [4.78, 5) is 27.6. The summed E-state index contributed by atoms with van der Waals surface area (Å²) in [6.07, 6.45) is 0.191. The van der Waals surface area contributed by atoms with Gasteiger partial charge in [-0.1, -0.05) is 59.1 Å². The van der Waals surface area contributed by atoms with Crippen LogP contribution in [0.25, 0.3) is 0 Å². The number of rotatable bonds is 6. The van der Waals surface area contributed by atoms with Crippen molar-refractivity contribution in [3.8, 4) is 0 Å². The van der Waals surface area contributed by atoms with Crippen LogP contribution in [-0.4, -0.2) is 28.3 Å². The Bertz CT molecular complexity index is 870. The molecule has 2 aromatic rings. The molecule has 1 N–H and O–H groups in total. The van der Waals surface area contributed by atoms with Crippen LogP contribution in [0.15, 0.2) is 42.5 Å². The van der Waals surface area contributed by atoms with Crippen LogP contribution < -0.4 is 5.32 Å². The summed E-state index contributed by atoms with van der Waals surface area (Å²) in [5.74, 6) is -0.388. The molecule has 0 saturated carbocycles. The Balaban J connectivity index is 2.33. The van der Waals surface area contributed by atoms with Crippen molar-refractivity contribution < 1.29 is 9.59 Å². The average Bonchev–Trinajstić information content (AvgIpc) is 2.59. The van der Waals surface area contributed by atoms with Crippen molar-refractivity contribution in [3.05, 3.63) is 69.2 Å². The van der Waals surface area contributed by atoms with E-state index in [1.165, 1.54) is 4.90 Å². The molecule has 0 radical (unpaired) electrons. The maximum absolute atomic E-state index is 13.2. The van der Waals surface area contributed by atoms with Gasteiger partial charge in [0.25, 0.3) is 0 Å². The van der Waals surface area contributed by atoms with Crippen LogP contribution in [0.3, 0.4) is 0 Å². The first-order valence-electron chi connectivity index (χ1n) is 9.58. The third kappa shape index (κ3) is 6.76. The van der Waals surface area contributed by atoms with E-state index in [9.17, 15) is 9.59 Å². The third-order valence-corrected chi connectivity index (χ3v) is 5.20. The van der Waals surface area contributed by atoms with Crippen molar-refractivity contribution in [2.75, 3.05) is 0 Å². The molecule has 0 aliphatic rings. The minimum atomic E-state index is -0.682. The third-order valence-electron chi connectivity index (χ3n) is 4.49. The maximum Gasteiger partial charge on any atom is 0.242 e. The van der Waals surface area contributed by atoms with E-state index in [0.29, 0.717) is 15.6 Å². The Morgan fingerprint density at radius 2 is 1.66 bits per heavy atom. The number of benzene rings is 2. The topological polar surface area (TPSA) is 49.4 Å². The smallest absolute Gasteiger partial charge is 0.242 e. The number of hydrogen-bond donors (Lipinski definition) is 1. The maximum atomic E-state index is 13.2. The molecular weight excluding hydrogens is 407 g/mol. The molecule has 0 heterocycles. The highest BCUT2D eigenvalue weighted by atomic mass is 35.5. The lowest BCUT2D eigenvalue weighted by molar-refractivity contribution is -0.140. The number of carbonyl (C=O) groups excluding carboxylic acids is 2. The van der Waals surface area contributed by atoms with E-state index in [4.69, 9.17) is 23.2 Å². The van der Waals surface area contributed by atoms with Crippen molar-refractivity contribution >= 4 is 35.0 Å². The van der Waals surface area contributed by atoms with Crippen molar-refractivity contribution in [2.24, 2.45) is 0 Å². The summed E-state index contributed by atoms with van der Waals surface area (Å²) in [5, 5.41) is 3.88. The van der Waals surface area contributed by atoms with Crippen LogP contribution in [0, 0.1) is 6.92 Å². The van der Waals surface area contributed by atoms with Gasteiger partial charge < -0.3 is 10.2 Å². The Kier molecular flexibility index (Phi) is 7.73. The summed E-state index contributed by atoms with van der Waals surface area (Å²) in [6.45, 7) is 9.57. The summed E-state index contributed by atoms with van der Waals surface area (Å²) in [7, 11) is 0. The highest BCUT2D eigenvalue weighted by Crippen LogP contribution is 2.27. The lowest BCUT2D eigenvalue weighted by Crippen LogP contribution is -2.52. The van der Waals surface area contributed by atoms with E-state index in [0.717, 1.165) is 11.1 Å². The van der Waals surface area contributed by atoms with Crippen molar-refractivity contribution in [3.63, 3.8) is 0 Å². The number of hydrogen-bond acceptors (Lipinski definition) is 2. The molecule has 2 aromatic carbocycles. The molecule has 2 amide bonds. The summed E-state index contributed by atoms with van der Waals surface area (Å²) < 4.78 is 0. The van der Waals surface area contributed by atoms with Crippen LogP contribution in [0.2, 0.25) is 10.0 Å². The molecular formula is C23H28Cl2N2O2. The Morgan fingerprint density at radius 3 is 2.21 bits per heavy atom. The molecule has 0 saturated heterocycles. The van der Waals surface area contributed by atoms with Crippen molar-refractivity contribution in [2.45, 2.75) is 59.2 Å². The van der Waals surface area contributed by atoms with Gasteiger partial charge in [-0.05, 0) is 52.3 Å². The van der Waals surface area contributed by atoms with Gasteiger partial charge in [-0.3, -0.25) is 9.59 Å². The number of nitrogens with zero attached hydrogens (tertiary/aromatic N) is 1. The Labute approximate surface area is 183 Å². The highest BCUT2D eigenvalue weighted by molar-refractivity contribution is 6.36. The van der Waals surface area contributed by atoms with Crippen LogP contribution >= 0.6 is 23.2 Å². The monoisotopic (exact) mass is 434 g/mol. The quantitative estimate of drug-likeness (QED) is 0.680. The standard InChI is InChI=1S/C23H28Cl2N2O2/c1-15-8-6-9-17(12-15)13-21(28)27(16(2)22(29)26-23(3,4)5)14-18-19(24)10-7-11-20(18)25/h6-12,16H,13-14H2,1-5H3,(H,26,29)/t16-/m1/s1. The van der Waals surface area contributed by atoms with E-state index < -0.39 is 11.6 Å². The van der Waals surface area contributed by atoms with Crippen LogP contribution in [0.5, 0.6) is 0 Å². The SMILES string of the molecule is Cc1cccc(CC(=O)N(Cc2c(Cl)cccc2Cl)[C@H](C)C(=O)NC(C)(C)C)c1. The van der Waals surface area contributed by atoms with Crippen LogP contribution in [0.1, 0.15) is 44.4 Å². The lowest BCUT2D eigenvalue weighted by atomic mass is 10.1. The van der Waals surface area contributed by atoms with E-state index >= 15 is 0 Å². The Morgan fingerprint density at radius 1 is 1.07 bits per heavy atom. The van der Waals surface area contributed by atoms with Gasteiger partial charge in [0.2, 0.25) is 11.8 Å². The van der Waals surface area contributed by atoms with Gasteiger partial charge in [0.15, 0.2) is 0 Å². The first-order valence-corrected chi connectivity index (χ1v) is 10.3. The van der Waals surface area contributed by atoms with Gasteiger partial charge in [-0.2, -0.15) is 0 Å². The Hall–Kier alpha value is -2.04. The number of aryl methyl sites for hydroxylation is 1. The van der Waals surface area contributed by atoms with Gasteiger partial charge in [0, 0.05) is 27.7 Å². The van der Waals surface area contributed by atoms with Crippen LogP contribution in [0.4, 0.5) is 0 Å². The van der Waals surface area contributed by atoms with E-state index in [2.05, 4.69) is 5.32 Å². The largest absolute Gasteiger partial charge is 0.350 e. The van der Waals surface area contributed by atoms with Gasteiger partial charge in [0.1, 0.15) is 6.04 Å². The first kappa shape index (κ1) is 23.2. The van der Waals surface area contributed by atoms with Gasteiger partial charge in [-0.25, -0.2) is 0 Å². The molecule has 2 rings (SSSR count). The molecule has 0 aliphatic heterocycles. The summed E-state index contributed by atoms with van der Waals surface area (Å²) >= 11 is 12.7. The molecule has 0 bridgehead atoms. The molecule has 0 aliphatic carbocycles. The molecule has 156 valence electrons. The fourth-order valence-corrected chi connectivity index (χ4v) is 3.53. The summed E-state index contributed by atoms with van der Waals surface area (Å²) in [6, 6.07) is 12.3. The summed E-state index contributed by atoms with van der Waals surface area (Å²) in [5.41, 5.74) is 2.20. The predicted octanol–water partition coefficient (Wildman–Crippen LogP) is 5.18. The van der Waals surface area contributed by atoms with Gasteiger partial charge in [-0.15, -0.1) is 0 Å². The second-order valence-electron chi connectivity index (χ2n) is 8.30. The number of amides is 2. The first-order chi connectivity index (χ1) is 13.5. The minimum absolute atomic E-state index is 0.155. The van der Waals surface area contributed by atoms with Crippen LogP contribution in [-0.2, 0) is 22.6 Å². The van der Waals surface area contributed by atoms with Crippen molar-refractivity contribution in [1.82, 2.24) is 10.2 Å². The molecule has 0 fully saturated rings.